The molecule has 2 amide bonds. The highest BCUT2D eigenvalue weighted by Crippen LogP contribution is 2.27. The lowest BCUT2D eigenvalue weighted by Crippen LogP contribution is -2.45. The number of benzene rings is 1. The molecule has 0 aliphatic heterocycles. The first-order chi connectivity index (χ1) is 15.0. The van der Waals surface area contributed by atoms with Crippen molar-refractivity contribution in [2.75, 3.05) is 13.1 Å². The summed E-state index contributed by atoms with van der Waals surface area (Å²) in [5.74, 6) is 0.697. The van der Waals surface area contributed by atoms with Crippen LogP contribution in [0.25, 0.3) is 0 Å². The minimum absolute atomic E-state index is 0.0320. The molecule has 0 saturated heterocycles. The van der Waals surface area contributed by atoms with Crippen molar-refractivity contribution in [3.8, 4) is 0 Å². The Bertz CT molecular complexity index is 842. The maximum absolute atomic E-state index is 13.5. The summed E-state index contributed by atoms with van der Waals surface area (Å²) in [6.07, 6.45) is 5.18. The van der Waals surface area contributed by atoms with Crippen molar-refractivity contribution in [1.82, 2.24) is 9.80 Å². The number of nitrogens with zero attached hydrogens (tertiary/aromatic N) is 2. The van der Waals surface area contributed by atoms with Crippen LogP contribution >= 0.6 is 11.3 Å². The molecular weight excluding hydrogens is 404 g/mol. The Balaban J connectivity index is 1.76. The van der Waals surface area contributed by atoms with Gasteiger partial charge in [-0.1, -0.05) is 63.4 Å². The number of amides is 2. The van der Waals surface area contributed by atoms with E-state index in [1.165, 1.54) is 9.75 Å². The summed E-state index contributed by atoms with van der Waals surface area (Å²) >= 11 is 1.73. The van der Waals surface area contributed by atoms with E-state index in [9.17, 15) is 9.59 Å². The van der Waals surface area contributed by atoms with Gasteiger partial charge in [-0.05, 0) is 43.4 Å². The summed E-state index contributed by atoms with van der Waals surface area (Å²) in [4.78, 5) is 32.9. The standard InChI is InChI=1S/C26H36N2O2S/c1-4-20(2)16-28(26(30)23-12-8-9-13-23)19-25(29)27(17-22-10-6-5-7-11-22)18-24-15-14-21(3)31-24/h5-7,10-11,14-15,20,23H,4,8-9,12-13,16-19H2,1-3H3/t20-/m0/s1. The summed E-state index contributed by atoms with van der Waals surface area (Å²) in [5.41, 5.74) is 1.11. The first kappa shape index (κ1) is 23.5. The molecule has 31 heavy (non-hydrogen) atoms. The molecule has 3 rings (SSSR count). The molecule has 2 aromatic rings. The lowest BCUT2D eigenvalue weighted by molar-refractivity contribution is -0.144. The molecule has 0 spiro atoms. The molecule has 1 aromatic carbocycles. The van der Waals surface area contributed by atoms with Crippen LogP contribution < -0.4 is 0 Å². The molecule has 4 nitrogen and oxygen atoms in total. The van der Waals surface area contributed by atoms with Crippen LogP contribution in [0.1, 0.15) is 61.3 Å². The predicted octanol–water partition coefficient (Wildman–Crippen LogP) is 5.65. The topological polar surface area (TPSA) is 40.6 Å². The number of rotatable bonds is 10. The van der Waals surface area contributed by atoms with Gasteiger partial charge >= 0.3 is 0 Å². The molecule has 1 aliphatic carbocycles. The van der Waals surface area contributed by atoms with Gasteiger partial charge in [0.2, 0.25) is 11.8 Å². The lowest BCUT2D eigenvalue weighted by atomic mass is 10.0. The molecule has 1 atom stereocenters. The summed E-state index contributed by atoms with van der Waals surface area (Å²) in [5, 5.41) is 0. The Labute approximate surface area is 191 Å². The molecule has 1 aromatic heterocycles. The molecule has 1 saturated carbocycles. The van der Waals surface area contributed by atoms with Gasteiger partial charge in [-0.15, -0.1) is 11.3 Å². The molecule has 0 unspecified atom stereocenters. The van der Waals surface area contributed by atoms with Crippen molar-refractivity contribution in [3.63, 3.8) is 0 Å². The summed E-state index contributed by atoms with van der Waals surface area (Å²) < 4.78 is 0. The number of aryl methyl sites for hydroxylation is 1. The van der Waals surface area contributed by atoms with Gasteiger partial charge in [0, 0.05) is 28.8 Å². The zero-order chi connectivity index (χ0) is 22.2. The molecule has 0 bridgehead atoms. The van der Waals surface area contributed by atoms with Gasteiger partial charge in [0.25, 0.3) is 0 Å². The number of carbonyl (C=O) groups is 2. The van der Waals surface area contributed by atoms with Gasteiger partial charge in [-0.2, -0.15) is 0 Å². The third-order valence-electron chi connectivity index (χ3n) is 6.28. The molecule has 1 fully saturated rings. The molecule has 0 N–H and O–H groups in total. The van der Waals surface area contributed by atoms with Crippen molar-refractivity contribution in [2.24, 2.45) is 11.8 Å². The minimum Gasteiger partial charge on any atom is -0.333 e. The Morgan fingerprint density at radius 3 is 2.35 bits per heavy atom. The zero-order valence-corrected chi connectivity index (χ0v) is 20.0. The maximum Gasteiger partial charge on any atom is 0.242 e. The highest BCUT2D eigenvalue weighted by atomic mass is 32.1. The first-order valence-electron chi connectivity index (χ1n) is 11.6. The van der Waals surface area contributed by atoms with Crippen LogP contribution in [0.15, 0.2) is 42.5 Å². The normalized spacial score (nSPS) is 15.1. The highest BCUT2D eigenvalue weighted by Gasteiger charge is 2.30. The zero-order valence-electron chi connectivity index (χ0n) is 19.2. The van der Waals surface area contributed by atoms with E-state index in [0.29, 0.717) is 25.6 Å². The Kier molecular flexibility index (Phi) is 8.70. The van der Waals surface area contributed by atoms with Gasteiger partial charge in [0.15, 0.2) is 0 Å². The van der Waals surface area contributed by atoms with E-state index in [0.717, 1.165) is 37.7 Å². The van der Waals surface area contributed by atoms with Crippen molar-refractivity contribution < 1.29 is 9.59 Å². The first-order valence-corrected chi connectivity index (χ1v) is 12.4. The molecule has 168 valence electrons. The van der Waals surface area contributed by atoms with Crippen molar-refractivity contribution in [1.29, 1.82) is 0 Å². The van der Waals surface area contributed by atoms with Gasteiger partial charge in [0.05, 0.1) is 13.1 Å². The number of hydrogen-bond acceptors (Lipinski definition) is 3. The molecule has 1 aliphatic rings. The third-order valence-corrected chi connectivity index (χ3v) is 7.27. The Morgan fingerprint density at radius 1 is 1.03 bits per heavy atom. The predicted molar refractivity (Wildman–Crippen MR) is 128 cm³/mol. The van der Waals surface area contributed by atoms with Crippen LogP contribution in [0.2, 0.25) is 0 Å². The fraction of sp³-hybridized carbons (Fsp3) is 0.538. The fourth-order valence-electron chi connectivity index (χ4n) is 4.23. The van der Waals surface area contributed by atoms with Crippen LogP contribution in [0.5, 0.6) is 0 Å². The van der Waals surface area contributed by atoms with Gasteiger partial charge in [0.1, 0.15) is 0 Å². The average Bonchev–Trinajstić information content (AvgIpc) is 3.45. The molecular formula is C26H36N2O2S. The number of carbonyl (C=O) groups excluding carboxylic acids is 2. The quantitative estimate of drug-likeness (QED) is 0.479. The van der Waals surface area contributed by atoms with Crippen LogP contribution in [0, 0.1) is 18.8 Å². The Morgan fingerprint density at radius 2 is 1.74 bits per heavy atom. The molecule has 5 heteroatoms. The second-order valence-electron chi connectivity index (χ2n) is 8.96. The SMILES string of the molecule is CC[C@H](C)CN(CC(=O)N(Cc1ccccc1)Cc1ccc(C)s1)C(=O)C1CCCC1. The molecule has 1 heterocycles. The summed E-state index contributed by atoms with van der Waals surface area (Å²) in [7, 11) is 0. The van der Waals surface area contributed by atoms with E-state index in [2.05, 4.69) is 45.0 Å². The monoisotopic (exact) mass is 440 g/mol. The summed E-state index contributed by atoms with van der Waals surface area (Å²) in [6, 6.07) is 14.3. The van der Waals surface area contributed by atoms with E-state index >= 15 is 0 Å². The smallest absolute Gasteiger partial charge is 0.242 e. The van der Waals surface area contributed by atoms with Crippen LogP contribution in [0.4, 0.5) is 0 Å². The van der Waals surface area contributed by atoms with Crippen LogP contribution in [-0.4, -0.2) is 34.7 Å². The lowest BCUT2D eigenvalue weighted by Gasteiger charge is -2.30. The second-order valence-corrected chi connectivity index (χ2v) is 10.3. The van der Waals surface area contributed by atoms with Gasteiger partial charge in [-0.3, -0.25) is 9.59 Å². The van der Waals surface area contributed by atoms with Crippen molar-refractivity contribution in [3.05, 3.63) is 57.8 Å². The highest BCUT2D eigenvalue weighted by molar-refractivity contribution is 7.11. The maximum atomic E-state index is 13.5. The third kappa shape index (κ3) is 6.93. The van der Waals surface area contributed by atoms with E-state index in [4.69, 9.17) is 0 Å². The van der Waals surface area contributed by atoms with E-state index in [1.54, 1.807) is 11.3 Å². The van der Waals surface area contributed by atoms with Crippen LogP contribution in [0.3, 0.4) is 0 Å². The molecule has 0 radical (unpaired) electrons. The van der Waals surface area contributed by atoms with Gasteiger partial charge in [-0.25, -0.2) is 0 Å². The Hall–Kier alpha value is -2.14. The summed E-state index contributed by atoms with van der Waals surface area (Å²) in [6.45, 7) is 8.38. The average molecular weight is 441 g/mol. The van der Waals surface area contributed by atoms with E-state index in [1.807, 2.05) is 28.0 Å². The number of thiophene rings is 1. The fourth-order valence-corrected chi connectivity index (χ4v) is 5.13. The van der Waals surface area contributed by atoms with E-state index < -0.39 is 0 Å². The van der Waals surface area contributed by atoms with Crippen molar-refractivity contribution >= 4 is 23.2 Å². The van der Waals surface area contributed by atoms with Crippen LogP contribution in [-0.2, 0) is 22.7 Å². The largest absolute Gasteiger partial charge is 0.333 e. The van der Waals surface area contributed by atoms with E-state index in [-0.39, 0.29) is 24.3 Å². The second kappa shape index (κ2) is 11.5. The minimum atomic E-state index is 0.0320. The van der Waals surface area contributed by atoms with Gasteiger partial charge < -0.3 is 9.80 Å². The number of hydrogen-bond donors (Lipinski definition) is 0. The van der Waals surface area contributed by atoms with Crippen molar-refractivity contribution in [2.45, 2.75) is 66.0 Å².